The smallest absolute Gasteiger partial charge is 0.357 e. The van der Waals surface area contributed by atoms with Crippen molar-refractivity contribution in [2.24, 2.45) is 0 Å². The Morgan fingerprint density at radius 2 is 2.11 bits per heavy atom. The van der Waals surface area contributed by atoms with Crippen LogP contribution in [0.5, 0.6) is 5.75 Å². The number of hydrogen-bond acceptors (Lipinski definition) is 5. The van der Waals surface area contributed by atoms with Crippen LogP contribution in [0.15, 0.2) is 29.1 Å². The quantitative estimate of drug-likeness (QED) is 0.656. The maximum absolute atomic E-state index is 11.9. The first-order valence-corrected chi connectivity index (χ1v) is 5.74. The number of fused-ring (bicyclic) bond motifs is 1. The van der Waals surface area contributed by atoms with Gasteiger partial charge < -0.3 is 15.3 Å². The van der Waals surface area contributed by atoms with Gasteiger partial charge in [0, 0.05) is 17.5 Å². The molecule has 2 rings (SSSR count). The number of benzene rings is 1. The van der Waals surface area contributed by atoms with Gasteiger partial charge in [-0.25, -0.2) is 4.79 Å². The topological polar surface area (TPSA) is 83.6 Å². The van der Waals surface area contributed by atoms with Crippen molar-refractivity contribution in [1.29, 1.82) is 0 Å². The van der Waals surface area contributed by atoms with Crippen LogP contribution in [0.1, 0.15) is 17.4 Å². The minimum absolute atomic E-state index is 0.00704. The van der Waals surface area contributed by atoms with Crippen molar-refractivity contribution >= 4 is 16.9 Å². The molecule has 0 aliphatic heterocycles. The van der Waals surface area contributed by atoms with Crippen molar-refractivity contribution in [3.63, 3.8) is 0 Å². The molecule has 0 saturated heterocycles. The molecule has 0 atom stereocenters. The van der Waals surface area contributed by atoms with Gasteiger partial charge in [0.1, 0.15) is 5.75 Å². The highest BCUT2D eigenvalue weighted by Crippen LogP contribution is 2.18. The Labute approximate surface area is 109 Å². The van der Waals surface area contributed by atoms with Crippen LogP contribution in [0.3, 0.4) is 0 Å². The number of ether oxygens (including phenoxy) is 2. The third-order valence-corrected chi connectivity index (χ3v) is 2.74. The van der Waals surface area contributed by atoms with Crippen LogP contribution >= 0.6 is 0 Å². The summed E-state index contributed by atoms with van der Waals surface area (Å²) in [6.07, 6.45) is 0. The molecule has 6 heteroatoms. The second kappa shape index (κ2) is 5.01. The van der Waals surface area contributed by atoms with E-state index in [1.807, 2.05) is 0 Å². The van der Waals surface area contributed by atoms with E-state index < -0.39 is 5.97 Å². The van der Waals surface area contributed by atoms with Crippen LogP contribution in [0, 0.1) is 0 Å². The van der Waals surface area contributed by atoms with E-state index in [-0.39, 0.29) is 17.7 Å². The number of nitrogens with two attached hydrogens (primary N) is 1. The number of nitrogen functional groups attached to an aromatic ring is 1. The van der Waals surface area contributed by atoms with Gasteiger partial charge in [-0.3, -0.25) is 9.47 Å². The monoisotopic (exact) mass is 262 g/mol. The van der Waals surface area contributed by atoms with Crippen molar-refractivity contribution in [3.05, 3.63) is 40.2 Å². The van der Waals surface area contributed by atoms with Gasteiger partial charge in [-0.15, -0.1) is 0 Å². The molecule has 19 heavy (non-hydrogen) atoms. The van der Waals surface area contributed by atoms with Gasteiger partial charge in [0.2, 0.25) is 0 Å². The predicted molar refractivity (Wildman–Crippen MR) is 70.9 cm³/mol. The van der Waals surface area contributed by atoms with E-state index in [4.69, 9.17) is 15.3 Å². The highest BCUT2D eigenvalue weighted by atomic mass is 16.5. The first-order valence-electron chi connectivity index (χ1n) is 5.74. The fourth-order valence-corrected chi connectivity index (χ4v) is 1.81. The zero-order valence-electron chi connectivity index (χ0n) is 10.7. The molecule has 0 unspecified atom stereocenters. The normalized spacial score (nSPS) is 10.4. The number of pyridine rings is 1. The molecule has 0 amide bonds. The Kier molecular flexibility index (Phi) is 3.41. The van der Waals surface area contributed by atoms with Gasteiger partial charge in [-0.2, -0.15) is 0 Å². The van der Waals surface area contributed by atoms with E-state index in [0.717, 1.165) is 4.68 Å². The Morgan fingerprint density at radius 1 is 1.37 bits per heavy atom. The van der Waals surface area contributed by atoms with Crippen molar-refractivity contribution in [2.75, 3.05) is 19.6 Å². The average molecular weight is 262 g/mol. The van der Waals surface area contributed by atoms with Crippen LogP contribution < -0.4 is 16.0 Å². The molecule has 0 aliphatic rings. The van der Waals surface area contributed by atoms with E-state index in [1.54, 1.807) is 25.1 Å². The van der Waals surface area contributed by atoms with Crippen LogP contribution in [0.2, 0.25) is 0 Å². The van der Waals surface area contributed by atoms with Crippen LogP contribution in [0.4, 0.5) is 0 Å². The van der Waals surface area contributed by atoms with Gasteiger partial charge in [-0.05, 0) is 19.1 Å². The summed E-state index contributed by atoms with van der Waals surface area (Å²) in [5, 5.41) is 0.413. The van der Waals surface area contributed by atoms with Crippen molar-refractivity contribution in [2.45, 2.75) is 6.92 Å². The summed E-state index contributed by atoms with van der Waals surface area (Å²) in [6.45, 7) is 1.89. The lowest BCUT2D eigenvalue weighted by Crippen LogP contribution is -2.24. The SMILES string of the molecule is CCOC(=O)c1cc(=O)c2ccc(OC)cc2n1N. The summed E-state index contributed by atoms with van der Waals surface area (Å²) in [5.41, 5.74) is 0.130. The van der Waals surface area contributed by atoms with Gasteiger partial charge >= 0.3 is 5.97 Å². The number of nitrogens with zero attached hydrogens (tertiary/aromatic N) is 1. The molecule has 0 spiro atoms. The summed E-state index contributed by atoms with van der Waals surface area (Å²) in [5.74, 6) is 5.78. The summed E-state index contributed by atoms with van der Waals surface area (Å²) in [6, 6.07) is 6.04. The zero-order valence-corrected chi connectivity index (χ0v) is 10.7. The fraction of sp³-hybridized carbons (Fsp3) is 0.231. The largest absolute Gasteiger partial charge is 0.497 e. The van der Waals surface area contributed by atoms with Gasteiger partial charge in [0.25, 0.3) is 0 Å². The molecule has 2 aromatic rings. The molecule has 0 aliphatic carbocycles. The number of carbonyl (C=O) groups is 1. The van der Waals surface area contributed by atoms with Crippen molar-refractivity contribution in [3.8, 4) is 5.75 Å². The van der Waals surface area contributed by atoms with Crippen molar-refractivity contribution in [1.82, 2.24) is 4.68 Å². The van der Waals surface area contributed by atoms with Gasteiger partial charge in [0.05, 0.1) is 19.2 Å². The van der Waals surface area contributed by atoms with Crippen LogP contribution in [-0.4, -0.2) is 24.4 Å². The standard InChI is InChI=1S/C13H14N2O4/c1-3-19-13(17)11-7-12(16)9-5-4-8(18-2)6-10(9)15(11)14/h4-7H,3,14H2,1-2H3. The summed E-state index contributed by atoms with van der Waals surface area (Å²) < 4.78 is 11.1. The highest BCUT2D eigenvalue weighted by molar-refractivity contribution is 5.92. The maximum atomic E-state index is 11.9. The molecule has 0 saturated carbocycles. The second-order valence-electron chi connectivity index (χ2n) is 3.87. The lowest BCUT2D eigenvalue weighted by Gasteiger charge is -2.11. The molecular formula is C13H14N2O4. The van der Waals surface area contributed by atoms with E-state index in [9.17, 15) is 9.59 Å². The highest BCUT2D eigenvalue weighted by Gasteiger charge is 2.15. The Bertz CT molecular complexity index is 691. The summed E-state index contributed by atoms with van der Waals surface area (Å²) in [4.78, 5) is 23.7. The number of aromatic nitrogens is 1. The number of hydrogen-bond donors (Lipinski definition) is 1. The number of methoxy groups -OCH3 is 1. The molecule has 1 heterocycles. The molecule has 6 nitrogen and oxygen atoms in total. The predicted octanol–water partition coefficient (Wildman–Crippen LogP) is 0.901. The molecule has 1 aromatic carbocycles. The number of carbonyl (C=O) groups excluding carboxylic acids is 1. The van der Waals surface area contributed by atoms with Crippen LogP contribution in [-0.2, 0) is 4.74 Å². The number of esters is 1. The van der Waals surface area contributed by atoms with Crippen molar-refractivity contribution < 1.29 is 14.3 Å². The molecule has 1 aromatic heterocycles. The molecule has 0 bridgehead atoms. The second-order valence-corrected chi connectivity index (χ2v) is 3.87. The lowest BCUT2D eigenvalue weighted by molar-refractivity contribution is 0.0516. The Morgan fingerprint density at radius 3 is 2.74 bits per heavy atom. The Balaban J connectivity index is 2.72. The van der Waals surface area contributed by atoms with E-state index in [2.05, 4.69) is 0 Å². The van der Waals surface area contributed by atoms with E-state index in [1.165, 1.54) is 13.2 Å². The minimum Gasteiger partial charge on any atom is -0.497 e. The summed E-state index contributed by atoms with van der Waals surface area (Å²) >= 11 is 0. The average Bonchev–Trinajstić information content (AvgIpc) is 2.42. The van der Waals surface area contributed by atoms with E-state index in [0.29, 0.717) is 16.7 Å². The maximum Gasteiger partial charge on any atom is 0.357 e. The summed E-state index contributed by atoms with van der Waals surface area (Å²) in [7, 11) is 1.51. The third-order valence-electron chi connectivity index (χ3n) is 2.74. The van der Waals surface area contributed by atoms with Crippen LogP contribution in [0.25, 0.3) is 10.9 Å². The zero-order chi connectivity index (χ0) is 14.0. The van der Waals surface area contributed by atoms with E-state index >= 15 is 0 Å². The third kappa shape index (κ3) is 2.24. The molecule has 0 radical (unpaired) electrons. The van der Waals surface area contributed by atoms with Gasteiger partial charge in [-0.1, -0.05) is 0 Å². The lowest BCUT2D eigenvalue weighted by atomic mass is 10.2. The fourth-order valence-electron chi connectivity index (χ4n) is 1.81. The number of rotatable bonds is 3. The molecular weight excluding hydrogens is 248 g/mol. The Hall–Kier alpha value is -2.50. The molecule has 100 valence electrons. The molecule has 2 N–H and O–H groups in total. The minimum atomic E-state index is -0.633. The molecule has 0 fully saturated rings. The first kappa shape index (κ1) is 12.9. The van der Waals surface area contributed by atoms with Gasteiger partial charge in [0.15, 0.2) is 11.1 Å². The first-order chi connectivity index (χ1) is 9.08.